The van der Waals surface area contributed by atoms with Crippen molar-refractivity contribution in [2.45, 2.75) is 39.8 Å². The molecule has 0 aliphatic rings. The van der Waals surface area contributed by atoms with Crippen molar-refractivity contribution in [3.05, 3.63) is 26.6 Å². The monoisotopic (exact) mass is 295 g/mol. The highest BCUT2D eigenvalue weighted by Crippen LogP contribution is 2.25. The summed E-state index contributed by atoms with van der Waals surface area (Å²) in [5.74, 6) is -0.512. The lowest BCUT2D eigenvalue weighted by atomic mass is 10.1. The molecular weight excluding hydrogens is 278 g/mol. The predicted octanol–water partition coefficient (Wildman–Crippen LogP) is 1.55. The summed E-state index contributed by atoms with van der Waals surface area (Å²) in [6, 6.07) is 0. The summed E-state index contributed by atoms with van der Waals surface area (Å²) in [7, 11) is 0. The van der Waals surface area contributed by atoms with E-state index in [1.165, 1.54) is 11.3 Å². The summed E-state index contributed by atoms with van der Waals surface area (Å²) in [5.41, 5.74) is -0.305. The lowest BCUT2D eigenvalue weighted by molar-refractivity contribution is -0.143. The molecule has 7 heteroatoms. The van der Waals surface area contributed by atoms with Gasteiger partial charge in [0.15, 0.2) is 0 Å². The van der Waals surface area contributed by atoms with Crippen molar-refractivity contribution in [2.75, 3.05) is 0 Å². The predicted molar refractivity (Wildman–Crippen MR) is 78.3 cm³/mol. The Morgan fingerprint density at radius 2 is 2.10 bits per heavy atom. The number of carboxylic acids is 1. The van der Waals surface area contributed by atoms with E-state index in [0.29, 0.717) is 16.0 Å². The largest absolute Gasteiger partial charge is 0.480 e. The third kappa shape index (κ3) is 2.59. The number of carbonyl (C=O) groups is 1. The van der Waals surface area contributed by atoms with E-state index < -0.39 is 11.5 Å². The highest BCUT2D eigenvalue weighted by atomic mass is 32.1. The smallest absolute Gasteiger partial charge is 0.323 e. The molecule has 3 N–H and O–H groups in total. The maximum Gasteiger partial charge on any atom is 0.323 e. The van der Waals surface area contributed by atoms with E-state index in [-0.39, 0.29) is 12.1 Å². The zero-order valence-corrected chi connectivity index (χ0v) is 12.6. The molecule has 108 valence electrons. The Morgan fingerprint density at radius 1 is 1.45 bits per heavy atom. The average molecular weight is 295 g/mol. The Kier molecular flexibility index (Phi) is 3.66. The van der Waals surface area contributed by atoms with Crippen LogP contribution in [0.2, 0.25) is 0 Å². The van der Waals surface area contributed by atoms with Gasteiger partial charge in [-0.15, -0.1) is 11.3 Å². The fraction of sp³-hybridized carbons (Fsp3) is 0.462. The molecular formula is C13H17N3O3S. The number of carboxylic acid groups (broad SMARTS) is 1. The van der Waals surface area contributed by atoms with Gasteiger partial charge in [-0.05, 0) is 33.3 Å². The molecule has 0 aromatic carbocycles. The van der Waals surface area contributed by atoms with Crippen molar-refractivity contribution >= 4 is 27.5 Å². The first-order valence-electron chi connectivity index (χ1n) is 6.19. The lowest BCUT2D eigenvalue weighted by Gasteiger charge is -2.20. The van der Waals surface area contributed by atoms with E-state index in [2.05, 4.69) is 15.3 Å². The molecule has 0 spiro atoms. The van der Waals surface area contributed by atoms with E-state index in [0.717, 1.165) is 10.4 Å². The molecule has 0 unspecified atom stereocenters. The second-order valence-electron chi connectivity index (χ2n) is 5.26. The molecule has 2 heterocycles. The molecule has 0 fully saturated rings. The van der Waals surface area contributed by atoms with Gasteiger partial charge in [-0.1, -0.05) is 0 Å². The summed E-state index contributed by atoms with van der Waals surface area (Å²) in [5, 5.41) is 12.5. The Labute approximate surface area is 119 Å². The number of nitrogens with one attached hydrogen (secondary N) is 2. The highest BCUT2D eigenvalue weighted by Gasteiger charge is 2.26. The fourth-order valence-corrected chi connectivity index (χ4v) is 2.81. The SMILES string of the molecule is Cc1sc2nc(CNC(C)(C)C(=O)O)[nH]c(=O)c2c1C. The third-order valence-corrected chi connectivity index (χ3v) is 4.42. The normalized spacial score (nSPS) is 12.0. The molecule has 6 nitrogen and oxygen atoms in total. The number of hydrogen-bond acceptors (Lipinski definition) is 5. The minimum absolute atomic E-state index is 0.179. The number of hydrogen-bond donors (Lipinski definition) is 3. The van der Waals surface area contributed by atoms with Gasteiger partial charge in [0.1, 0.15) is 16.2 Å². The Balaban J connectivity index is 2.33. The van der Waals surface area contributed by atoms with E-state index >= 15 is 0 Å². The molecule has 0 saturated heterocycles. The van der Waals surface area contributed by atoms with Crippen molar-refractivity contribution in [1.29, 1.82) is 0 Å². The van der Waals surface area contributed by atoms with Gasteiger partial charge in [-0.3, -0.25) is 14.9 Å². The first kappa shape index (κ1) is 14.7. The molecule has 0 aliphatic heterocycles. The van der Waals surface area contributed by atoms with Gasteiger partial charge in [0.2, 0.25) is 0 Å². The van der Waals surface area contributed by atoms with Gasteiger partial charge in [0.05, 0.1) is 11.9 Å². The molecule has 0 saturated carbocycles. The molecule has 0 aliphatic carbocycles. The van der Waals surface area contributed by atoms with Gasteiger partial charge >= 0.3 is 5.97 Å². The van der Waals surface area contributed by atoms with Crippen molar-refractivity contribution in [2.24, 2.45) is 0 Å². The summed E-state index contributed by atoms with van der Waals surface area (Å²) >= 11 is 1.47. The van der Waals surface area contributed by atoms with Crippen LogP contribution in [0.3, 0.4) is 0 Å². The van der Waals surface area contributed by atoms with Crippen molar-refractivity contribution in [1.82, 2.24) is 15.3 Å². The number of aliphatic carboxylic acids is 1. The average Bonchev–Trinajstić information content (AvgIpc) is 2.63. The maximum absolute atomic E-state index is 12.1. The number of thiophene rings is 1. The van der Waals surface area contributed by atoms with Crippen LogP contribution in [0.5, 0.6) is 0 Å². The van der Waals surface area contributed by atoms with Crippen molar-refractivity contribution in [3.8, 4) is 0 Å². The number of aryl methyl sites for hydroxylation is 2. The van der Waals surface area contributed by atoms with E-state index in [4.69, 9.17) is 5.11 Å². The molecule has 0 bridgehead atoms. The zero-order chi connectivity index (χ0) is 15.1. The summed E-state index contributed by atoms with van der Waals surface area (Å²) in [4.78, 5) is 31.9. The van der Waals surface area contributed by atoms with Crippen LogP contribution < -0.4 is 10.9 Å². The van der Waals surface area contributed by atoms with E-state index in [1.54, 1.807) is 13.8 Å². The number of aromatic amines is 1. The molecule has 20 heavy (non-hydrogen) atoms. The second kappa shape index (κ2) is 4.99. The lowest BCUT2D eigenvalue weighted by Crippen LogP contribution is -2.46. The van der Waals surface area contributed by atoms with Gasteiger partial charge < -0.3 is 10.1 Å². The standard InChI is InChI=1S/C13H17N3O3S/c1-6-7(2)20-11-9(6)10(17)15-8(16-11)5-14-13(3,4)12(18)19/h14H,5H2,1-4H3,(H,18,19)(H,15,16,17). The zero-order valence-electron chi connectivity index (χ0n) is 11.8. The summed E-state index contributed by atoms with van der Waals surface area (Å²) < 4.78 is 0. The first-order chi connectivity index (χ1) is 9.22. The van der Waals surface area contributed by atoms with Crippen LogP contribution >= 0.6 is 11.3 Å². The van der Waals surface area contributed by atoms with Gasteiger partial charge in [-0.25, -0.2) is 4.98 Å². The fourth-order valence-electron chi connectivity index (χ4n) is 1.76. The second-order valence-corrected chi connectivity index (χ2v) is 6.46. The minimum Gasteiger partial charge on any atom is -0.480 e. The molecule has 0 amide bonds. The number of H-pyrrole nitrogens is 1. The summed E-state index contributed by atoms with van der Waals surface area (Å²) in [6.07, 6.45) is 0. The van der Waals surface area contributed by atoms with Crippen LogP contribution in [0.25, 0.3) is 10.2 Å². The number of nitrogens with zero attached hydrogens (tertiary/aromatic N) is 1. The van der Waals surface area contributed by atoms with Crippen LogP contribution in [0, 0.1) is 13.8 Å². The number of aromatic nitrogens is 2. The van der Waals surface area contributed by atoms with E-state index in [1.807, 2.05) is 13.8 Å². The number of fused-ring (bicyclic) bond motifs is 1. The van der Waals surface area contributed by atoms with Crippen LogP contribution in [-0.2, 0) is 11.3 Å². The molecule has 2 aromatic heterocycles. The molecule has 2 aromatic rings. The minimum atomic E-state index is -1.07. The molecule has 0 atom stereocenters. The first-order valence-corrected chi connectivity index (χ1v) is 7.01. The van der Waals surface area contributed by atoms with Crippen LogP contribution in [0.4, 0.5) is 0 Å². The third-order valence-electron chi connectivity index (χ3n) is 3.32. The van der Waals surface area contributed by atoms with Crippen LogP contribution in [0.1, 0.15) is 30.1 Å². The summed E-state index contributed by atoms with van der Waals surface area (Å²) in [6.45, 7) is 7.17. The van der Waals surface area contributed by atoms with Crippen LogP contribution in [-0.4, -0.2) is 26.6 Å². The van der Waals surface area contributed by atoms with E-state index in [9.17, 15) is 9.59 Å². The molecule has 2 rings (SSSR count). The Morgan fingerprint density at radius 3 is 2.70 bits per heavy atom. The van der Waals surface area contributed by atoms with Gasteiger partial charge in [0.25, 0.3) is 5.56 Å². The number of rotatable bonds is 4. The van der Waals surface area contributed by atoms with Crippen molar-refractivity contribution < 1.29 is 9.90 Å². The van der Waals surface area contributed by atoms with Gasteiger partial charge in [-0.2, -0.15) is 0 Å². The maximum atomic E-state index is 12.1. The Bertz CT molecular complexity index is 730. The quantitative estimate of drug-likeness (QED) is 0.795. The molecule has 0 radical (unpaired) electrons. The van der Waals surface area contributed by atoms with Crippen LogP contribution in [0.15, 0.2) is 4.79 Å². The van der Waals surface area contributed by atoms with Gasteiger partial charge in [0, 0.05) is 4.88 Å². The highest BCUT2D eigenvalue weighted by molar-refractivity contribution is 7.18. The van der Waals surface area contributed by atoms with Crippen molar-refractivity contribution in [3.63, 3.8) is 0 Å². The topological polar surface area (TPSA) is 95.1 Å². The Hall–Kier alpha value is -1.73.